The normalized spacial score (nSPS) is 28.9. The fraction of sp³-hybridized carbons (Fsp3) is 0.556. The van der Waals surface area contributed by atoms with Crippen molar-refractivity contribution in [2.45, 2.75) is 19.5 Å². The van der Waals surface area contributed by atoms with Gasteiger partial charge in [0.05, 0.1) is 6.54 Å². The summed E-state index contributed by atoms with van der Waals surface area (Å²) in [4.78, 5) is 3.10. The van der Waals surface area contributed by atoms with E-state index in [2.05, 4.69) is 5.92 Å². The van der Waals surface area contributed by atoms with E-state index in [0.29, 0.717) is 6.54 Å². The molecule has 2 unspecified atom stereocenters. The molecule has 4 heteroatoms. The van der Waals surface area contributed by atoms with E-state index in [1.54, 1.807) is 17.2 Å². The summed E-state index contributed by atoms with van der Waals surface area (Å²) in [6.45, 7) is 2.81. The molecule has 2 atom stereocenters. The van der Waals surface area contributed by atoms with E-state index in [4.69, 9.17) is 6.42 Å². The van der Waals surface area contributed by atoms with Crippen LogP contribution in [-0.2, 0) is 0 Å². The fourth-order valence-electron chi connectivity index (χ4n) is 1.25. The van der Waals surface area contributed by atoms with Gasteiger partial charge in [0, 0.05) is 12.7 Å². The highest BCUT2D eigenvalue weighted by Crippen LogP contribution is 2.13. The Bertz CT molecular complexity index is 234. The highest BCUT2D eigenvalue weighted by molar-refractivity contribution is 4.99. The van der Waals surface area contributed by atoms with Crippen molar-refractivity contribution in [3.8, 4) is 12.3 Å². The monoisotopic (exact) mass is 182 g/mol. The summed E-state index contributed by atoms with van der Waals surface area (Å²) in [5.41, 5.74) is 0. The summed E-state index contributed by atoms with van der Waals surface area (Å²) in [6, 6.07) is 0. The van der Waals surface area contributed by atoms with Gasteiger partial charge in [-0.05, 0) is 13.0 Å². The average molecular weight is 182 g/mol. The minimum Gasteiger partial charge on any atom is -0.374 e. The van der Waals surface area contributed by atoms with Gasteiger partial charge in [-0.15, -0.1) is 6.42 Å². The van der Waals surface area contributed by atoms with E-state index in [-0.39, 0.29) is 6.54 Å². The van der Waals surface area contributed by atoms with Gasteiger partial charge >= 0.3 is 0 Å². The summed E-state index contributed by atoms with van der Waals surface area (Å²) < 4.78 is 0. The number of rotatable bonds is 2. The molecule has 0 aromatic carbocycles. The highest BCUT2D eigenvalue weighted by Gasteiger charge is 2.27. The Kier molecular flexibility index (Phi) is 3.32. The second-order valence-electron chi connectivity index (χ2n) is 2.81. The zero-order valence-corrected chi connectivity index (χ0v) is 7.59. The molecule has 1 heterocycles. The lowest BCUT2D eigenvalue weighted by atomic mass is 10.3. The van der Waals surface area contributed by atoms with Crippen molar-refractivity contribution in [2.24, 2.45) is 0 Å². The smallest absolute Gasteiger partial charge is 0.189 e. The molecule has 2 N–H and O–H groups in total. The van der Waals surface area contributed by atoms with Gasteiger partial charge in [-0.2, -0.15) is 0 Å². The van der Waals surface area contributed by atoms with Crippen LogP contribution < -0.4 is 0 Å². The minimum atomic E-state index is -0.832. The zero-order chi connectivity index (χ0) is 9.84. The third-order valence-electron chi connectivity index (χ3n) is 2.02. The molecule has 0 saturated heterocycles. The molecule has 13 heavy (non-hydrogen) atoms. The first-order valence-electron chi connectivity index (χ1n) is 4.20. The third kappa shape index (κ3) is 2.01. The SMILES string of the molecule is C#CCN1C(O)C=CN(CC)C1O. The maximum atomic E-state index is 9.68. The molecule has 0 fully saturated rings. The standard InChI is InChI=1S/C9H14N2O2/c1-3-6-11-8(12)5-7-10(4-2)9(11)13/h1,5,7-9,12-13H,4,6H2,2H3. The molecule has 72 valence electrons. The number of aliphatic hydroxyl groups is 2. The lowest BCUT2D eigenvalue weighted by molar-refractivity contribution is -0.147. The quantitative estimate of drug-likeness (QED) is 0.558. The van der Waals surface area contributed by atoms with Crippen LogP contribution in [0.15, 0.2) is 12.3 Å². The van der Waals surface area contributed by atoms with Gasteiger partial charge in [0.25, 0.3) is 0 Å². The predicted octanol–water partition coefficient (Wildman–Crippen LogP) is -0.635. The molecule has 0 spiro atoms. The van der Waals surface area contributed by atoms with Gasteiger partial charge in [-0.1, -0.05) is 5.92 Å². The van der Waals surface area contributed by atoms with Gasteiger partial charge < -0.3 is 15.1 Å². The number of hydrogen-bond donors (Lipinski definition) is 2. The van der Waals surface area contributed by atoms with Crippen LogP contribution in [0.3, 0.4) is 0 Å². The Labute approximate surface area is 78.1 Å². The molecule has 0 aromatic rings. The van der Waals surface area contributed by atoms with Crippen molar-refractivity contribution < 1.29 is 10.2 Å². The third-order valence-corrected chi connectivity index (χ3v) is 2.02. The van der Waals surface area contributed by atoms with Crippen LogP contribution in [-0.4, -0.2) is 45.7 Å². The number of hydrogen-bond acceptors (Lipinski definition) is 4. The molecule has 1 aliphatic rings. The molecule has 0 saturated carbocycles. The predicted molar refractivity (Wildman–Crippen MR) is 49.1 cm³/mol. The van der Waals surface area contributed by atoms with Crippen LogP contribution in [0.25, 0.3) is 0 Å². The van der Waals surface area contributed by atoms with Crippen LogP contribution in [0, 0.1) is 12.3 Å². The van der Waals surface area contributed by atoms with Crippen LogP contribution in [0.4, 0.5) is 0 Å². The van der Waals surface area contributed by atoms with Gasteiger partial charge in [0.1, 0.15) is 6.23 Å². The first-order chi connectivity index (χ1) is 6.20. The van der Waals surface area contributed by atoms with Gasteiger partial charge in [0.15, 0.2) is 6.35 Å². The Morgan fingerprint density at radius 1 is 1.54 bits per heavy atom. The molecular weight excluding hydrogens is 168 g/mol. The first kappa shape index (κ1) is 10.1. The van der Waals surface area contributed by atoms with Gasteiger partial charge in [0.2, 0.25) is 0 Å². The average Bonchev–Trinajstić information content (AvgIpc) is 2.12. The largest absolute Gasteiger partial charge is 0.374 e. The molecule has 1 rings (SSSR count). The first-order valence-corrected chi connectivity index (χ1v) is 4.20. The van der Waals surface area contributed by atoms with E-state index < -0.39 is 12.6 Å². The van der Waals surface area contributed by atoms with Crippen molar-refractivity contribution in [1.29, 1.82) is 0 Å². The van der Waals surface area contributed by atoms with Crippen LogP contribution in [0.5, 0.6) is 0 Å². The van der Waals surface area contributed by atoms with Crippen molar-refractivity contribution in [1.82, 2.24) is 9.80 Å². The van der Waals surface area contributed by atoms with E-state index in [1.807, 2.05) is 6.92 Å². The Hall–Kier alpha value is -1.02. The number of aliphatic hydroxyl groups excluding tert-OH is 2. The summed E-state index contributed by atoms with van der Waals surface area (Å²) >= 11 is 0. The topological polar surface area (TPSA) is 46.9 Å². The van der Waals surface area contributed by atoms with Crippen molar-refractivity contribution in [2.75, 3.05) is 13.1 Å². The van der Waals surface area contributed by atoms with Crippen molar-refractivity contribution in [3.63, 3.8) is 0 Å². The fourth-order valence-corrected chi connectivity index (χ4v) is 1.25. The van der Waals surface area contributed by atoms with Crippen LogP contribution in [0.1, 0.15) is 6.92 Å². The second-order valence-corrected chi connectivity index (χ2v) is 2.81. The molecule has 0 aliphatic carbocycles. The lowest BCUT2D eigenvalue weighted by Crippen LogP contribution is -2.53. The van der Waals surface area contributed by atoms with Crippen molar-refractivity contribution >= 4 is 0 Å². The van der Waals surface area contributed by atoms with Crippen molar-refractivity contribution in [3.05, 3.63) is 12.3 Å². The zero-order valence-electron chi connectivity index (χ0n) is 7.59. The molecule has 1 aliphatic heterocycles. The molecule has 4 nitrogen and oxygen atoms in total. The van der Waals surface area contributed by atoms with Gasteiger partial charge in [-0.3, -0.25) is 0 Å². The maximum absolute atomic E-state index is 9.68. The Morgan fingerprint density at radius 2 is 2.23 bits per heavy atom. The summed E-state index contributed by atoms with van der Waals surface area (Å²) in [5.74, 6) is 2.39. The Balaban J connectivity index is 2.73. The summed E-state index contributed by atoms with van der Waals surface area (Å²) in [5, 5.41) is 19.1. The minimum absolute atomic E-state index is 0.225. The number of nitrogens with zero attached hydrogens (tertiary/aromatic N) is 2. The molecule has 0 aromatic heterocycles. The van der Waals surface area contributed by atoms with Crippen LogP contribution >= 0.6 is 0 Å². The highest BCUT2D eigenvalue weighted by atomic mass is 16.3. The Morgan fingerprint density at radius 3 is 2.77 bits per heavy atom. The van der Waals surface area contributed by atoms with Crippen LogP contribution in [0.2, 0.25) is 0 Å². The summed E-state index contributed by atoms with van der Waals surface area (Å²) in [7, 11) is 0. The van der Waals surface area contributed by atoms with E-state index in [9.17, 15) is 10.2 Å². The maximum Gasteiger partial charge on any atom is 0.189 e. The van der Waals surface area contributed by atoms with E-state index in [0.717, 1.165) is 0 Å². The molecule has 0 radical (unpaired) electrons. The summed E-state index contributed by atoms with van der Waals surface area (Å²) in [6.07, 6.45) is 6.74. The van der Waals surface area contributed by atoms with Gasteiger partial charge in [-0.25, -0.2) is 4.90 Å². The van der Waals surface area contributed by atoms with E-state index in [1.165, 1.54) is 4.90 Å². The lowest BCUT2D eigenvalue weighted by Gasteiger charge is -2.39. The number of terminal acetylenes is 1. The molecule has 0 bridgehead atoms. The second kappa shape index (κ2) is 4.28. The molecular formula is C9H14N2O2. The molecule has 0 amide bonds. The van der Waals surface area contributed by atoms with E-state index >= 15 is 0 Å².